The van der Waals surface area contributed by atoms with E-state index in [0.717, 1.165) is 33.5 Å². The fourth-order valence-electron chi connectivity index (χ4n) is 1.91. The van der Waals surface area contributed by atoms with Crippen LogP contribution in [-0.2, 0) is 5.41 Å². The number of hydrogen-bond donors (Lipinski definition) is 1. The number of hydrogen-bond acceptors (Lipinski definition) is 5. The minimum absolute atomic E-state index is 0.0632. The van der Waals surface area contributed by atoms with Crippen LogP contribution in [0.15, 0.2) is 12.1 Å². The van der Waals surface area contributed by atoms with Gasteiger partial charge in [0.25, 0.3) is 0 Å². The Morgan fingerprint density at radius 3 is 2.52 bits per heavy atom. The van der Waals surface area contributed by atoms with Gasteiger partial charge in [-0.2, -0.15) is 0 Å². The Balaban J connectivity index is 2.27. The van der Waals surface area contributed by atoms with Gasteiger partial charge in [-0.1, -0.05) is 39.0 Å². The molecule has 0 aliphatic heterocycles. The number of rotatable bonds is 4. The number of pyridine rings is 1. The molecule has 114 valence electrons. The summed E-state index contributed by atoms with van der Waals surface area (Å²) in [5, 5.41) is 13.7. The first kappa shape index (κ1) is 15.9. The van der Waals surface area contributed by atoms with Gasteiger partial charge in [-0.3, -0.25) is 4.98 Å². The molecule has 1 atom stereocenters. The van der Waals surface area contributed by atoms with Crippen LogP contribution in [0.2, 0.25) is 0 Å². The molecular formula is C16H24N4S. The predicted molar refractivity (Wildman–Crippen MR) is 90.0 cm³/mol. The van der Waals surface area contributed by atoms with E-state index in [4.69, 9.17) is 4.98 Å². The molecule has 0 amide bonds. The van der Waals surface area contributed by atoms with E-state index in [9.17, 15) is 0 Å². The van der Waals surface area contributed by atoms with Crippen LogP contribution in [0.5, 0.6) is 0 Å². The largest absolute Gasteiger partial charge is 0.358 e. The SMILES string of the molecule is CCC(C)Nc1nnc(-c2ccc(C(C)(C)C)nc2C)s1. The number of aryl methyl sites for hydroxylation is 1. The summed E-state index contributed by atoms with van der Waals surface area (Å²) in [6, 6.07) is 4.61. The lowest BCUT2D eigenvalue weighted by Gasteiger charge is -2.18. The molecule has 0 aliphatic rings. The van der Waals surface area contributed by atoms with Crippen molar-refractivity contribution in [3.63, 3.8) is 0 Å². The van der Waals surface area contributed by atoms with E-state index in [1.807, 2.05) is 6.92 Å². The molecule has 0 bridgehead atoms. The highest BCUT2D eigenvalue weighted by molar-refractivity contribution is 7.18. The molecule has 0 aliphatic carbocycles. The lowest BCUT2D eigenvalue weighted by atomic mass is 9.91. The van der Waals surface area contributed by atoms with E-state index in [1.165, 1.54) is 0 Å². The summed E-state index contributed by atoms with van der Waals surface area (Å²) in [6.07, 6.45) is 1.07. The second-order valence-electron chi connectivity index (χ2n) is 6.45. The molecule has 4 nitrogen and oxygen atoms in total. The first-order chi connectivity index (χ1) is 9.81. The molecule has 2 aromatic heterocycles. The van der Waals surface area contributed by atoms with Gasteiger partial charge in [-0.05, 0) is 32.4 Å². The zero-order valence-electron chi connectivity index (χ0n) is 13.7. The first-order valence-electron chi connectivity index (χ1n) is 7.39. The van der Waals surface area contributed by atoms with Crippen molar-refractivity contribution in [3.8, 4) is 10.6 Å². The van der Waals surface area contributed by atoms with E-state index in [2.05, 4.69) is 62.3 Å². The molecule has 0 saturated heterocycles. The lowest BCUT2D eigenvalue weighted by Crippen LogP contribution is -2.14. The van der Waals surface area contributed by atoms with E-state index in [0.29, 0.717) is 6.04 Å². The second kappa shape index (κ2) is 6.10. The van der Waals surface area contributed by atoms with Crippen LogP contribution in [0.25, 0.3) is 10.6 Å². The van der Waals surface area contributed by atoms with Crippen LogP contribution < -0.4 is 5.32 Å². The van der Waals surface area contributed by atoms with E-state index < -0.39 is 0 Å². The number of nitrogens with zero attached hydrogens (tertiary/aromatic N) is 3. The number of nitrogens with one attached hydrogen (secondary N) is 1. The third kappa shape index (κ3) is 3.79. The highest BCUT2D eigenvalue weighted by Gasteiger charge is 2.18. The van der Waals surface area contributed by atoms with Crippen molar-refractivity contribution in [2.75, 3.05) is 5.32 Å². The zero-order valence-corrected chi connectivity index (χ0v) is 14.5. The molecule has 0 fully saturated rings. The predicted octanol–water partition coefficient (Wildman–Crippen LogP) is 4.42. The summed E-state index contributed by atoms with van der Waals surface area (Å²) >= 11 is 1.58. The summed E-state index contributed by atoms with van der Waals surface area (Å²) in [5.41, 5.74) is 3.24. The average molecular weight is 304 g/mol. The van der Waals surface area contributed by atoms with Crippen LogP contribution >= 0.6 is 11.3 Å². The lowest BCUT2D eigenvalue weighted by molar-refractivity contribution is 0.567. The average Bonchev–Trinajstić information content (AvgIpc) is 2.85. The molecule has 1 unspecified atom stereocenters. The van der Waals surface area contributed by atoms with E-state index in [-0.39, 0.29) is 5.41 Å². The first-order valence-corrected chi connectivity index (χ1v) is 8.21. The Morgan fingerprint density at radius 1 is 1.24 bits per heavy atom. The maximum absolute atomic E-state index is 4.73. The van der Waals surface area contributed by atoms with Crippen LogP contribution in [0.4, 0.5) is 5.13 Å². The molecule has 2 heterocycles. The fourth-order valence-corrected chi connectivity index (χ4v) is 2.84. The van der Waals surface area contributed by atoms with Gasteiger partial charge < -0.3 is 5.32 Å². The quantitative estimate of drug-likeness (QED) is 0.908. The van der Waals surface area contributed by atoms with Gasteiger partial charge in [0, 0.05) is 28.4 Å². The van der Waals surface area contributed by atoms with Crippen LogP contribution in [0, 0.1) is 6.92 Å². The molecule has 2 rings (SSSR count). The van der Waals surface area contributed by atoms with Crippen molar-refractivity contribution in [2.45, 2.75) is 59.4 Å². The molecule has 5 heteroatoms. The molecule has 2 aromatic rings. The van der Waals surface area contributed by atoms with Crippen molar-refractivity contribution in [3.05, 3.63) is 23.5 Å². The van der Waals surface area contributed by atoms with E-state index in [1.54, 1.807) is 11.3 Å². The van der Waals surface area contributed by atoms with Gasteiger partial charge in [0.1, 0.15) is 0 Å². The normalized spacial score (nSPS) is 13.2. The summed E-state index contributed by atoms with van der Waals surface area (Å²) in [7, 11) is 0. The number of aromatic nitrogens is 3. The topological polar surface area (TPSA) is 50.7 Å². The highest BCUT2D eigenvalue weighted by atomic mass is 32.1. The smallest absolute Gasteiger partial charge is 0.206 e. The highest BCUT2D eigenvalue weighted by Crippen LogP contribution is 2.30. The molecule has 0 saturated carbocycles. The Morgan fingerprint density at radius 2 is 1.95 bits per heavy atom. The standard InChI is InChI=1S/C16H24N4S/c1-7-10(2)17-15-20-19-14(21-15)12-8-9-13(16(4,5)6)18-11(12)3/h8-10H,7H2,1-6H3,(H,17,20). The van der Waals surface area contributed by atoms with Crippen molar-refractivity contribution >= 4 is 16.5 Å². The van der Waals surface area contributed by atoms with Gasteiger partial charge in [0.2, 0.25) is 5.13 Å². The van der Waals surface area contributed by atoms with Crippen LogP contribution in [-0.4, -0.2) is 21.2 Å². The van der Waals surface area contributed by atoms with Gasteiger partial charge in [-0.25, -0.2) is 0 Å². The number of anilines is 1. The second-order valence-corrected chi connectivity index (χ2v) is 7.42. The zero-order chi connectivity index (χ0) is 15.6. The maximum atomic E-state index is 4.73. The Labute approximate surface area is 131 Å². The molecule has 0 radical (unpaired) electrons. The van der Waals surface area contributed by atoms with Crippen molar-refractivity contribution < 1.29 is 0 Å². The van der Waals surface area contributed by atoms with E-state index >= 15 is 0 Å². The molecule has 0 aromatic carbocycles. The minimum Gasteiger partial charge on any atom is -0.358 e. The van der Waals surface area contributed by atoms with Crippen LogP contribution in [0.1, 0.15) is 52.4 Å². The third-order valence-electron chi connectivity index (χ3n) is 3.49. The fraction of sp³-hybridized carbons (Fsp3) is 0.562. The van der Waals surface area contributed by atoms with Gasteiger partial charge in [-0.15, -0.1) is 10.2 Å². The molecule has 1 N–H and O–H groups in total. The third-order valence-corrected chi connectivity index (χ3v) is 4.38. The van der Waals surface area contributed by atoms with Gasteiger partial charge in [0.05, 0.1) is 0 Å². The Bertz CT molecular complexity index is 613. The van der Waals surface area contributed by atoms with Gasteiger partial charge >= 0.3 is 0 Å². The maximum Gasteiger partial charge on any atom is 0.206 e. The van der Waals surface area contributed by atoms with Crippen LogP contribution in [0.3, 0.4) is 0 Å². The molecule has 21 heavy (non-hydrogen) atoms. The summed E-state index contributed by atoms with van der Waals surface area (Å²) in [6.45, 7) is 12.9. The minimum atomic E-state index is 0.0632. The summed E-state index contributed by atoms with van der Waals surface area (Å²) in [4.78, 5) is 4.73. The monoisotopic (exact) mass is 304 g/mol. The Kier molecular flexibility index (Phi) is 4.61. The van der Waals surface area contributed by atoms with Crippen molar-refractivity contribution in [1.29, 1.82) is 0 Å². The van der Waals surface area contributed by atoms with Crippen molar-refractivity contribution in [1.82, 2.24) is 15.2 Å². The summed E-state index contributed by atoms with van der Waals surface area (Å²) < 4.78 is 0. The Hall–Kier alpha value is -1.49. The van der Waals surface area contributed by atoms with Gasteiger partial charge in [0.15, 0.2) is 5.01 Å². The van der Waals surface area contributed by atoms with Crippen molar-refractivity contribution in [2.24, 2.45) is 0 Å². The molecule has 0 spiro atoms. The molecular weight excluding hydrogens is 280 g/mol. The summed E-state index contributed by atoms with van der Waals surface area (Å²) in [5.74, 6) is 0.